The molecule has 2 nitrogen and oxygen atoms in total. The van der Waals surface area contributed by atoms with Crippen LogP contribution in [-0.4, -0.2) is 25.2 Å². The lowest BCUT2D eigenvalue weighted by atomic mass is 10.2. The van der Waals surface area contributed by atoms with E-state index in [1.807, 2.05) is 0 Å². The summed E-state index contributed by atoms with van der Waals surface area (Å²) in [7, 11) is 0. The van der Waals surface area contributed by atoms with Crippen LogP contribution in [0.15, 0.2) is 0 Å². The molecule has 1 aliphatic rings. The highest BCUT2D eigenvalue weighted by Gasteiger charge is 2.10. The summed E-state index contributed by atoms with van der Waals surface area (Å²) in [5.74, 6) is 0. The molecule has 8 heavy (non-hydrogen) atoms. The molecule has 1 aliphatic heterocycles. The molecule has 0 saturated carbocycles. The highest BCUT2D eigenvalue weighted by Crippen LogP contribution is 1.89. The maximum Gasteiger partial charge on any atom is 0.0164 e. The van der Waals surface area contributed by atoms with Crippen LogP contribution in [0.5, 0.6) is 0 Å². The SMILES string of the molecule is C[C@@H]1CN[C@H](C)CN1. The maximum atomic E-state index is 3.37. The van der Waals surface area contributed by atoms with E-state index < -0.39 is 0 Å². The van der Waals surface area contributed by atoms with Crippen molar-refractivity contribution in [3.63, 3.8) is 0 Å². The second kappa shape index (κ2) is 2.46. The summed E-state index contributed by atoms with van der Waals surface area (Å²) in [5.41, 5.74) is 0. The highest BCUT2D eigenvalue weighted by atomic mass is 15.1. The van der Waals surface area contributed by atoms with Crippen molar-refractivity contribution < 1.29 is 0 Å². The number of rotatable bonds is 0. The first-order chi connectivity index (χ1) is 3.79. The van der Waals surface area contributed by atoms with Crippen LogP contribution in [0.4, 0.5) is 0 Å². The third-order valence-corrected chi connectivity index (χ3v) is 1.54. The van der Waals surface area contributed by atoms with Gasteiger partial charge in [0.1, 0.15) is 0 Å². The Kier molecular flexibility index (Phi) is 1.86. The zero-order chi connectivity index (χ0) is 5.98. The van der Waals surface area contributed by atoms with E-state index in [0.29, 0.717) is 12.1 Å². The Balaban J connectivity index is 2.19. The van der Waals surface area contributed by atoms with Gasteiger partial charge in [0.05, 0.1) is 0 Å². The van der Waals surface area contributed by atoms with Crippen molar-refractivity contribution in [3.8, 4) is 0 Å². The zero-order valence-electron chi connectivity index (χ0n) is 5.57. The molecular weight excluding hydrogens is 100 g/mol. The molecular formula is C6H14N2. The van der Waals surface area contributed by atoms with Gasteiger partial charge in [-0.25, -0.2) is 0 Å². The summed E-state index contributed by atoms with van der Waals surface area (Å²) in [5, 5.41) is 6.74. The smallest absolute Gasteiger partial charge is 0.0164 e. The summed E-state index contributed by atoms with van der Waals surface area (Å²) >= 11 is 0. The minimum Gasteiger partial charge on any atom is -0.311 e. The van der Waals surface area contributed by atoms with Crippen molar-refractivity contribution in [2.75, 3.05) is 13.1 Å². The standard InChI is InChI=1S/C6H14N2/c1-5-3-8-6(2)4-7-5/h5-8H,3-4H2,1-2H3/t5-,6-/m1/s1. The Morgan fingerprint density at radius 2 is 1.38 bits per heavy atom. The first kappa shape index (κ1) is 6.05. The summed E-state index contributed by atoms with van der Waals surface area (Å²) in [4.78, 5) is 0. The van der Waals surface area contributed by atoms with Gasteiger partial charge in [0.15, 0.2) is 0 Å². The fraction of sp³-hybridized carbons (Fsp3) is 1.00. The second-order valence-corrected chi connectivity index (χ2v) is 2.62. The molecule has 1 fully saturated rings. The van der Waals surface area contributed by atoms with E-state index in [2.05, 4.69) is 24.5 Å². The molecule has 48 valence electrons. The van der Waals surface area contributed by atoms with Crippen LogP contribution < -0.4 is 10.6 Å². The minimum atomic E-state index is 0.659. The zero-order valence-corrected chi connectivity index (χ0v) is 5.57. The summed E-state index contributed by atoms with van der Waals surface area (Å²) < 4.78 is 0. The Hall–Kier alpha value is -0.0800. The van der Waals surface area contributed by atoms with Crippen LogP contribution >= 0.6 is 0 Å². The molecule has 0 aromatic carbocycles. The molecule has 0 radical (unpaired) electrons. The molecule has 2 atom stereocenters. The predicted molar refractivity (Wildman–Crippen MR) is 34.9 cm³/mol. The summed E-state index contributed by atoms with van der Waals surface area (Å²) in [6, 6.07) is 1.32. The van der Waals surface area contributed by atoms with Gasteiger partial charge < -0.3 is 10.6 Å². The number of hydrogen-bond acceptors (Lipinski definition) is 2. The van der Waals surface area contributed by atoms with Crippen molar-refractivity contribution >= 4 is 0 Å². The van der Waals surface area contributed by atoms with Crippen LogP contribution in [-0.2, 0) is 0 Å². The van der Waals surface area contributed by atoms with Gasteiger partial charge in [0, 0.05) is 25.2 Å². The van der Waals surface area contributed by atoms with Gasteiger partial charge in [0.25, 0.3) is 0 Å². The van der Waals surface area contributed by atoms with Gasteiger partial charge in [-0.2, -0.15) is 0 Å². The summed E-state index contributed by atoms with van der Waals surface area (Å²) in [6.07, 6.45) is 0. The monoisotopic (exact) mass is 114 g/mol. The molecule has 1 saturated heterocycles. The van der Waals surface area contributed by atoms with Crippen LogP contribution in [0.25, 0.3) is 0 Å². The molecule has 0 aromatic rings. The van der Waals surface area contributed by atoms with E-state index in [1.165, 1.54) is 0 Å². The quantitative estimate of drug-likeness (QED) is 0.461. The lowest BCUT2D eigenvalue weighted by Gasteiger charge is -2.26. The first-order valence-electron chi connectivity index (χ1n) is 3.26. The van der Waals surface area contributed by atoms with Gasteiger partial charge in [-0.05, 0) is 13.8 Å². The molecule has 0 amide bonds. The Morgan fingerprint density at radius 3 is 1.62 bits per heavy atom. The van der Waals surface area contributed by atoms with Crippen LogP contribution in [0.2, 0.25) is 0 Å². The molecule has 1 rings (SSSR count). The van der Waals surface area contributed by atoms with E-state index in [9.17, 15) is 0 Å². The lowest BCUT2D eigenvalue weighted by molar-refractivity contribution is 0.376. The normalized spacial score (nSPS) is 39.8. The molecule has 0 bridgehead atoms. The van der Waals surface area contributed by atoms with Gasteiger partial charge in [0.2, 0.25) is 0 Å². The van der Waals surface area contributed by atoms with E-state index >= 15 is 0 Å². The first-order valence-corrected chi connectivity index (χ1v) is 3.26. The number of nitrogens with one attached hydrogen (secondary N) is 2. The van der Waals surface area contributed by atoms with Crippen LogP contribution in [0.1, 0.15) is 13.8 Å². The van der Waals surface area contributed by atoms with Crippen molar-refractivity contribution in [2.24, 2.45) is 0 Å². The third-order valence-electron chi connectivity index (χ3n) is 1.54. The Morgan fingerprint density at radius 1 is 1.00 bits per heavy atom. The fourth-order valence-electron chi connectivity index (χ4n) is 0.900. The van der Waals surface area contributed by atoms with Crippen LogP contribution in [0, 0.1) is 0 Å². The van der Waals surface area contributed by atoms with E-state index in [-0.39, 0.29) is 0 Å². The lowest BCUT2D eigenvalue weighted by Crippen LogP contribution is -2.51. The largest absolute Gasteiger partial charge is 0.311 e. The fourth-order valence-corrected chi connectivity index (χ4v) is 0.900. The van der Waals surface area contributed by atoms with Gasteiger partial charge in [-0.1, -0.05) is 0 Å². The van der Waals surface area contributed by atoms with E-state index in [1.54, 1.807) is 0 Å². The molecule has 2 heteroatoms. The highest BCUT2D eigenvalue weighted by molar-refractivity contribution is 4.76. The Labute approximate surface area is 50.7 Å². The van der Waals surface area contributed by atoms with Crippen molar-refractivity contribution in [1.29, 1.82) is 0 Å². The molecule has 0 unspecified atom stereocenters. The number of hydrogen-bond donors (Lipinski definition) is 2. The van der Waals surface area contributed by atoms with E-state index in [0.717, 1.165) is 13.1 Å². The predicted octanol–water partition coefficient (Wildman–Crippen LogP) is -0.0438. The topological polar surface area (TPSA) is 24.1 Å². The second-order valence-electron chi connectivity index (χ2n) is 2.62. The molecule has 2 N–H and O–H groups in total. The molecule has 0 aliphatic carbocycles. The average Bonchev–Trinajstić information content (AvgIpc) is 1.77. The van der Waals surface area contributed by atoms with Crippen molar-refractivity contribution in [3.05, 3.63) is 0 Å². The minimum absolute atomic E-state index is 0.659. The molecule has 1 heterocycles. The number of piperazine rings is 1. The van der Waals surface area contributed by atoms with Gasteiger partial charge in [-0.15, -0.1) is 0 Å². The average molecular weight is 114 g/mol. The Bertz CT molecular complexity index is 54.9. The van der Waals surface area contributed by atoms with Gasteiger partial charge >= 0.3 is 0 Å². The molecule has 0 spiro atoms. The van der Waals surface area contributed by atoms with Crippen LogP contribution in [0.3, 0.4) is 0 Å². The van der Waals surface area contributed by atoms with Crippen molar-refractivity contribution in [2.45, 2.75) is 25.9 Å². The van der Waals surface area contributed by atoms with Gasteiger partial charge in [-0.3, -0.25) is 0 Å². The molecule has 0 aromatic heterocycles. The summed E-state index contributed by atoms with van der Waals surface area (Å²) in [6.45, 7) is 6.61. The third kappa shape index (κ3) is 1.46. The maximum absolute atomic E-state index is 3.37. The van der Waals surface area contributed by atoms with E-state index in [4.69, 9.17) is 0 Å². The van der Waals surface area contributed by atoms with Crippen molar-refractivity contribution in [1.82, 2.24) is 10.6 Å².